The van der Waals surface area contributed by atoms with Gasteiger partial charge in [-0.2, -0.15) is 0 Å². The van der Waals surface area contributed by atoms with E-state index >= 15 is 0 Å². The summed E-state index contributed by atoms with van der Waals surface area (Å²) >= 11 is 0. The molecular weight excluding hydrogens is 179 g/mol. The highest BCUT2D eigenvalue weighted by Crippen LogP contribution is 2.15. The third kappa shape index (κ3) is 2.92. The molecule has 1 rings (SSSR count). The Morgan fingerprint density at radius 1 is 1.50 bits per heavy atom. The largest absolute Gasteiger partial charge is 0.311 e. The monoisotopic (exact) mass is 202 g/mol. The first-order valence-electron chi connectivity index (χ1n) is 5.72. The van der Waals surface area contributed by atoms with Gasteiger partial charge < -0.3 is 5.32 Å². The van der Waals surface area contributed by atoms with E-state index in [0.29, 0.717) is 24.5 Å². The van der Waals surface area contributed by atoms with Crippen molar-refractivity contribution in [2.75, 3.05) is 26.3 Å². The van der Waals surface area contributed by atoms with Gasteiger partial charge in [0.25, 0.3) is 0 Å². The molecule has 2 nitrogen and oxygen atoms in total. The van der Waals surface area contributed by atoms with Gasteiger partial charge >= 0.3 is 0 Å². The van der Waals surface area contributed by atoms with Gasteiger partial charge in [0.2, 0.25) is 0 Å². The van der Waals surface area contributed by atoms with E-state index in [1.807, 2.05) is 0 Å². The number of hydrogen-bond acceptors (Lipinski definition) is 2. The van der Waals surface area contributed by atoms with Crippen LogP contribution in [0.4, 0.5) is 4.39 Å². The van der Waals surface area contributed by atoms with Gasteiger partial charge in [-0.3, -0.25) is 4.90 Å². The first kappa shape index (κ1) is 11.9. The standard InChI is InChI=1S/C11H23FN2/c1-4-10-8-14(6-5-12)11(7-13-10)9(2)3/h9-11,13H,4-8H2,1-3H3. The van der Waals surface area contributed by atoms with Crippen LogP contribution < -0.4 is 5.32 Å². The van der Waals surface area contributed by atoms with E-state index in [-0.39, 0.29) is 6.67 Å². The SMILES string of the molecule is CCC1CN(CCF)C(C(C)C)CN1. The summed E-state index contributed by atoms with van der Waals surface area (Å²) < 4.78 is 12.4. The second kappa shape index (κ2) is 5.66. The molecule has 0 saturated carbocycles. The molecule has 0 radical (unpaired) electrons. The topological polar surface area (TPSA) is 15.3 Å². The van der Waals surface area contributed by atoms with Crippen molar-refractivity contribution >= 4 is 0 Å². The van der Waals surface area contributed by atoms with E-state index in [9.17, 15) is 4.39 Å². The lowest BCUT2D eigenvalue weighted by molar-refractivity contribution is 0.0905. The highest BCUT2D eigenvalue weighted by atomic mass is 19.1. The molecule has 0 aromatic heterocycles. The number of hydrogen-bond donors (Lipinski definition) is 1. The van der Waals surface area contributed by atoms with Gasteiger partial charge in [-0.05, 0) is 12.3 Å². The van der Waals surface area contributed by atoms with Crippen molar-refractivity contribution < 1.29 is 4.39 Å². The minimum absolute atomic E-state index is 0.223. The third-order valence-electron chi connectivity index (χ3n) is 3.17. The minimum Gasteiger partial charge on any atom is -0.311 e. The van der Waals surface area contributed by atoms with Gasteiger partial charge in [-0.25, -0.2) is 4.39 Å². The molecule has 14 heavy (non-hydrogen) atoms. The Kier molecular flexibility index (Phi) is 4.82. The fourth-order valence-corrected chi connectivity index (χ4v) is 2.20. The van der Waals surface area contributed by atoms with Crippen molar-refractivity contribution in [1.82, 2.24) is 10.2 Å². The molecule has 2 atom stereocenters. The maximum Gasteiger partial charge on any atom is 0.102 e. The lowest BCUT2D eigenvalue weighted by Gasteiger charge is -2.41. The summed E-state index contributed by atoms with van der Waals surface area (Å²) in [6, 6.07) is 1.06. The van der Waals surface area contributed by atoms with E-state index in [4.69, 9.17) is 0 Å². The van der Waals surface area contributed by atoms with E-state index in [1.165, 1.54) is 0 Å². The highest BCUT2D eigenvalue weighted by Gasteiger charge is 2.28. The minimum atomic E-state index is -0.223. The molecule has 1 fully saturated rings. The van der Waals surface area contributed by atoms with Crippen LogP contribution in [0.1, 0.15) is 27.2 Å². The highest BCUT2D eigenvalue weighted by molar-refractivity contribution is 4.86. The summed E-state index contributed by atoms with van der Waals surface area (Å²) in [5.41, 5.74) is 0. The molecule has 0 aliphatic carbocycles. The zero-order valence-electron chi connectivity index (χ0n) is 9.59. The first-order chi connectivity index (χ1) is 6.69. The summed E-state index contributed by atoms with van der Waals surface area (Å²) in [6.07, 6.45) is 1.13. The van der Waals surface area contributed by atoms with Gasteiger partial charge in [-0.1, -0.05) is 20.8 Å². The van der Waals surface area contributed by atoms with Crippen LogP contribution in [0.5, 0.6) is 0 Å². The van der Waals surface area contributed by atoms with E-state index < -0.39 is 0 Å². The van der Waals surface area contributed by atoms with Crippen LogP contribution in [0, 0.1) is 5.92 Å². The van der Waals surface area contributed by atoms with E-state index in [2.05, 4.69) is 31.0 Å². The van der Waals surface area contributed by atoms with Gasteiger partial charge in [0.05, 0.1) is 0 Å². The Labute approximate surface area is 86.9 Å². The molecule has 1 saturated heterocycles. The predicted octanol–water partition coefficient (Wildman–Crippen LogP) is 1.66. The molecule has 1 aliphatic heterocycles. The molecular formula is C11H23FN2. The van der Waals surface area contributed by atoms with Crippen molar-refractivity contribution in [3.8, 4) is 0 Å². The van der Waals surface area contributed by atoms with Crippen LogP contribution in [-0.2, 0) is 0 Å². The molecule has 1 N–H and O–H groups in total. The number of piperazine rings is 1. The average Bonchev–Trinajstić information content (AvgIpc) is 2.17. The molecule has 0 aromatic rings. The van der Waals surface area contributed by atoms with E-state index in [0.717, 1.165) is 19.5 Å². The maximum absolute atomic E-state index is 12.4. The second-order valence-electron chi connectivity index (χ2n) is 4.51. The fraction of sp³-hybridized carbons (Fsp3) is 1.00. The second-order valence-corrected chi connectivity index (χ2v) is 4.51. The lowest BCUT2D eigenvalue weighted by Crippen LogP contribution is -2.58. The fourth-order valence-electron chi connectivity index (χ4n) is 2.20. The Balaban J connectivity index is 2.51. The number of nitrogens with zero attached hydrogens (tertiary/aromatic N) is 1. The summed E-state index contributed by atoms with van der Waals surface area (Å²) in [5, 5.41) is 3.52. The van der Waals surface area contributed by atoms with E-state index in [1.54, 1.807) is 0 Å². The summed E-state index contributed by atoms with van der Waals surface area (Å²) in [7, 11) is 0. The van der Waals surface area contributed by atoms with Gasteiger partial charge in [0.15, 0.2) is 0 Å². The van der Waals surface area contributed by atoms with Crippen LogP contribution in [0.25, 0.3) is 0 Å². The molecule has 1 aliphatic rings. The van der Waals surface area contributed by atoms with Crippen molar-refractivity contribution in [3.05, 3.63) is 0 Å². The molecule has 0 aromatic carbocycles. The van der Waals surface area contributed by atoms with Crippen LogP contribution >= 0.6 is 0 Å². The molecule has 0 spiro atoms. The summed E-state index contributed by atoms with van der Waals surface area (Å²) in [6.45, 7) is 8.99. The van der Waals surface area contributed by atoms with Crippen LogP contribution in [0.2, 0.25) is 0 Å². The number of nitrogens with one attached hydrogen (secondary N) is 1. The summed E-state index contributed by atoms with van der Waals surface area (Å²) in [5.74, 6) is 0.604. The molecule has 3 heteroatoms. The Hall–Kier alpha value is -0.150. The molecule has 0 bridgehead atoms. The molecule has 1 heterocycles. The van der Waals surface area contributed by atoms with Crippen molar-refractivity contribution in [3.63, 3.8) is 0 Å². The number of rotatable bonds is 4. The molecule has 2 unspecified atom stereocenters. The number of alkyl halides is 1. The smallest absolute Gasteiger partial charge is 0.102 e. The van der Waals surface area contributed by atoms with Crippen LogP contribution in [0.15, 0.2) is 0 Å². The Bertz CT molecular complexity index is 161. The maximum atomic E-state index is 12.4. The third-order valence-corrected chi connectivity index (χ3v) is 3.17. The van der Waals surface area contributed by atoms with Gasteiger partial charge in [0, 0.05) is 31.7 Å². The lowest BCUT2D eigenvalue weighted by atomic mass is 9.98. The van der Waals surface area contributed by atoms with Gasteiger partial charge in [0.1, 0.15) is 6.67 Å². The molecule has 84 valence electrons. The van der Waals surface area contributed by atoms with Crippen LogP contribution in [0.3, 0.4) is 0 Å². The first-order valence-corrected chi connectivity index (χ1v) is 5.72. The predicted molar refractivity (Wildman–Crippen MR) is 58.3 cm³/mol. The normalized spacial score (nSPS) is 29.8. The molecule has 0 amide bonds. The van der Waals surface area contributed by atoms with Crippen molar-refractivity contribution in [2.45, 2.75) is 39.3 Å². The quantitative estimate of drug-likeness (QED) is 0.746. The number of halogens is 1. The zero-order chi connectivity index (χ0) is 10.6. The Morgan fingerprint density at radius 3 is 2.71 bits per heavy atom. The van der Waals surface area contributed by atoms with Crippen molar-refractivity contribution in [1.29, 1.82) is 0 Å². The van der Waals surface area contributed by atoms with Crippen LogP contribution in [-0.4, -0.2) is 43.3 Å². The van der Waals surface area contributed by atoms with Crippen molar-refractivity contribution in [2.24, 2.45) is 5.92 Å². The zero-order valence-corrected chi connectivity index (χ0v) is 9.59. The average molecular weight is 202 g/mol. The summed E-state index contributed by atoms with van der Waals surface area (Å²) in [4.78, 5) is 2.30. The Morgan fingerprint density at radius 2 is 2.21 bits per heavy atom. The van der Waals surface area contributed by atoms with Gasteiger partial charge in [-0.15, -0.1) is 0 Å².